The Labute approximate surface area is 154 Å². The molecule has 0 amide bonds. The number of nitrogens with one attached hydrogen (secondary N) is 2. The van der Waals surface area contributed by atoms with E-state index in [2.05, 4.69) is 15.2 Å². The van der Waals surface area contributed by atoms with Gasteiger partial charge in [-0.25, -0.2) is 4.98 Å². The van der Waals surface area contributed by atoms with E-state index in [4.69, 9.17) is 16.6 Å². The minimum absolute atomic E-state index is 0.0773. The zero-order chi connectivity index (χ0) is 17.4. The first-order valence-electron chi connectivity index (χ1n) is 8.38. The Morgan fingerprint density at radius 3 is 2.80 bits per heavy atom. The lowest BCUT2D eigenvalue weighted by atomic mass is 10.0. The minimum atomic E-state index is -0.0773. The van der Waals surface area contributed by atoms with Crippen molar-refractivity contribution in [1.82, 2.24) is 15.3 Å². The molecule has 0 aliphatic carbocycles. The van der Waals surface area contributed by atoms with Crippen LogP contribution in [0.25, 0.3) is 21.3 Å². The van der Waals surface area contributed by atoms with Gasteiger partial charge < -0.3 is 10.2 Å². The predicted octanol–water partition coefficient (Wildman–Crippen LogP) is 3.41. The fraction of sp³-hybridized carbons (Fsp3) is 0.333. The molecule has 25 heavy (non-hydrogen) atoms. The van der Waals surface area contributed by atoms with Crippen LogP contribution < -0.4 is 15.8 Å². The number of rotatable bonds is 2. The second kappa shape index (κ2) is 6.78. The van der Waals surface area contributed by atoms with E-state index in [1.165, 1.54) is 0 Å². The Morgan fingerprint density at radius 2 is 2.00 bits per heavy atom. The first kappa shape index (κ1) is 16.6. The van der Waals surface area contributed by atoms with Gasteiger partial charge in [-0.1, -0.05) is 23.7 Å². The van der Waals surface area contributed by atoms with Crippen LogP contribution in [0.1, 0.15) is 11.3 Å². The average Bonchev–Trinajstić information content (AvgIpc) is 2.77. The summed E-state index contributed by atoms with van der Waals surface area (Å²) in [4.78, 5) is 24.6. The zero-order valence-corrected chi connectivity index (χ0v) is 15.5. The van der Waals surface area contributed by atoms with Gasteiger partial charge in [0.25, 0.3) is 5.56 Å². The van der Waals surface area contributed by atoms with Crippen LogP contribution in [0.4, 0.5) is 5.95 Å². The molecular weight excluding hydrogens is 356 g/mol. The van der Waals surface area contributed by atoms with Crippen LogP contribution in [0.15, 0.2) is 29.1 Å². The average molecular weight is 375 g/mol. The van der Waals surface area contributed by atoms with Gasteiger partial charge in [-0.15, -0.1) is 11.3 Å². The van der Waals surface area contributed by atoms with Gasteiger partial charge in [0.1, 0.15) is 4.83 Å². The fourth-order valence-corrected chi connectivity index (χ4v) is 4.45. The largest absolute Gasteiger partial charge is 0.341 e. The Bertz CT molecular complexity index is 956. The van der Waals surface area contributed by atoms with Gasteiger partial charge in [-0.2, -0.15) is 0 Å². The zero-order valence-electron chi connectivity index (χ0n) is 13.9. The maximum atomic E-state index is 12.8. The second-order valence-corrected chi connectivity index (χ2v) is 7.84. The Morgan fingerprint density at radius 1 is 1.20 bits per heavy atom. The molecule has 3 heterocycles. The van der Waals surface area contributed by atoms with Crippen molar-refractivity contribution >= 4 is 39.1 Å². The van der Waals surface area contributed by atoms with Crippen molar-refractivity contribution < 1.29 is 0 Å². The molecule has 3 aromatic rings. The Hall–Kier alpha value is -1.89. The third-order valence-corrected chi connectivity index (χ3v) is 5.75. The summed E-state index contributed by atoms with van der Waals surface area (Å²) in [5.74, 6) is 0.671. The SMILES string of the molecule is Cc1sc2nc(N3CCCNCC3)[nH]c(=O)c2c1-c1ccc(Cl)cc1. The summed E-state index contributed by atoms with van der Waals surface area (Å²) in [5, 5.41) is 4.72. The minimum Gasteiger partial charge on any atom is -0.341 e. The standard InChI is InChI=1S/C18H19ClN4OS/c1-11-14(12-3-5-13(19)6-4-12)15-16(24)21-18(22-17(15)25-11)23-9-2-7-20-8-10-23/h3-6,20H,2,7-10H2,1H3,(H,21,22,24). The van der Waals surface area contributed by atoms with E-state index in [9.17, 15) is 4.79 Å². The van der Waals surface area contributed by atoms with Crippen LogP contribution in [0.3, 0.4) is 0 Å². The van der Waals surface area contributed by atoms with Gasteiger partial charge in [-0.3, -0.25) is 9.78 Å². The quantitative estimate of drug-likeness (QED) is 0.721. The molecule has 1 aliphatic rings. The number of aromatic nitrogens is 2. The summed E-state index contributed by atoms with van der Waals surface area (Å²) in [5.41, 5.74) is 1.87. The van der Waals surface area contributed by atoms with Crippen molar-refractivity contribution in [1.29, 1.82) is 0 Å². The normalized spacial score (nSPS) is 15.5. The predicted molar refractivity (Wildman–Crippen MR) is 105 cm³/mol. The highest BCUT2D eigenvalue weighted by Gasteiger charge is 2.19. The molecular formula is C18H19ClN4OS. The molecule has 2 N–H and O–H groups in total. The fourth-order valence-electron chi connectivity index (χ4n) is 3.28. The molecule has 5 nitrogen and oxygen atoms in total. The number of nitrogens with zero attached hydrogens (tertiary/aromatic N) is 2. The van der Waals surface area contributed by atoms with Gasteiger partial charge in [0.05, 0.1) is 5.39 Å². The highest BCUT2D eigenvalue weighted by Crippen LogP contribution is 2.36. The lowest BCUT2D eigenvalue weighted by Crippen LogP contribution is -2.31. The topological polar surface area (TPSA) is 61.0 Å². The molecule has 0 unspecified atom stereocenters. The van der Waals surface area contributed by atoms with Crippen molar-refractivity contribution in [3.63, 3.8) is 0 Å². The maximum absolute atomic E-state index is 12.8. The van der Waals surface area contributed by atoms with Crippen LogP contribution in [0.5, 0.6) is 0 Å². The molecule has 0 bridgehead atoms. The maximum Gasteiger partial charge on any atom is 0.261 e. The molecule has 0 atom stereocenters. The first-order chi connectivity index (χ1) is 12.1. The summed E-state index contributed by atoms with van der Waals surface area (Å²) in [6.45, 7) is 5.69. The molecule has 2 aromatic heterocycles. The number of anilines is 1. The summed E-state index contributed by atoms with van der Waals surface area (Å²) < 4.78 is 0. The number of benzene rings is 1. The first-order valence-corrected chi connectivity index (χ1v) is 9.58. The number of fused-ring (bicyclic) bond motifs is 1. The Kier molecular flexibility index (Phi) is 4.50. The van der Waals surface area contributed by atoms with E-state index in [0.29, 0.717) is 16.4 Å². The van der Waals surface area contributed by atoms with Gasteiger partial charge in [0.2, 0.25) is 5.95 Å². The Balaban J connectivity index is 1.83. The molecule has 130 valence electrons. The summed E-state index contributed by atoms with van der Waals surface area (Å²) >= 11 is 7.56. The van der Waals surface area contributed by atoms with Gasteiger partial charge in [-0.05, 0) is 37.6 Å². The van der Waals surface area contributed by atoms with Crippen LogP contribution in [-0.4, -0.2) is 36.1 Å². The number of H-pyrrole nitrogens is 1. The number of hydrogen-bond acceptors (Lipinski definition) is 5. The van der Waals surface area contributed by atoms with Gasteiger partial charge >= 0.3 is 0 Å². The summed E-state index contributed by atoms with van der Waals surface area (Å²) in [6.07, 6.45) is 1.04. The van der Waals surface area contributed by atoms with Gasteiger partial charge in [0.15, 0.2) is 0 Å². The molecule has 1 aromatic carbocycles. The number of aromatic amines is 1. The van der Waals surface area contributed by atoms with Crippen molar-refractivity contribution in [3.05, 3.63) is 44.5 Å². The number of aryl methyl sites for hydroxylation is 1. The number of hydrogen-bond donors (Lipinski definition) is 2. The van der Waals surface area contributed by atoms with E-state index in [-0.39, 0.29) is 5.56 Å². The monoisotopic (exact) mass is 374 g/mol. The molecule has 7 heteroatoms. The van der Waals surface area contributed by atoms with Crippen LogP contribution in [0.2, 0.25) is 5.02 Å². The molecule has 1 aliphatic heterocycles. The van der Waals surface area contributed by atoms with E-state index < -0.39 is 0 Å². The van der Waals surface area contributed by atoms with Crippen molar-refractivity contribution in [2.75, 3.05) is 31.1 Å². The third-order valence-electron chi connectivity index (χ3n) is 4.50. The van der Waals surface area contributed by atoms with E-state index >= 15 is 0 Å². The van der Waals surface area contributed by atoms with Crippen molar-refractivity contribution in [2.45, 2.75) is 13.3 Å². The van der Waals surface area contributed by atoms with Crippen molar-refractivity contribution in [3.8, 4) is 11.1 Å². The third kappa shape index (κ3) is 3.17. The molecule has 1 fully saturated rings. The summed E-state index contributed by atoms with van der Waals surface area (Å²) in [7, 11) is 0. The van der Waals surface area contributed by atoms with Crippen LogP contribution in [-0.2, 0) is 0 Å². The molecule has 1 saturated heterocycles. The smallest absolute Gasteiger partial charge is 0.261 e. The van der Waals surface area contributed by atoms with Crippen LogP contribution in [0, 0.1) is 6.92 Å². The van der Waals surface area contributed by atoms with E-state index in [0.717, 1.165) is 53.4 Å². The molecule has 4 rings (SSSR count). The lowest BCUT2D eigenvalue weighted by Gasteiger charge is -2.20. The number of halogens is 1. The highest BCUT2D eigenvalue weighted by atomic mass is 35.5. The lowest BCUT2D eigenvalue weighted by molar-refractivity contribution is 0.724. The molecule has 0 spiro atoms. The van der Waals surface area contributed by atoms with Crippen molar-refractivity contribution in [2.24, 2.45) is 0 Å². The molecule has 0 radical (unpaired) electrons. The van der Waals surface area contributed by atoms with Gasteiger partial charge in [0, 0.05) is 35.1 Å². The van der Waals surface area contributed by atoms with E-state index in [1.54, 1.807) is 11.3 Å². The number of thiophene rings is 1. The van der Waals surface area contributed by atoms with Crippen LogP contribution >= 0.6 is 22.9 Å². The summed E-state index contributed by atoms with van der Waals surface area (Å²) in [6, 6.07) is 7.59. The molecule has 0 saturated carbocycles. The highest BCUT2D eigenvalue weighted by molar-refractivity contribution is 7.19. The van der Waals surface area contributed by atoms with E-state index in [1.807, 2.05) is 31.2 Å². The second-order valence-electron chi connectivity index (χ2n) is 6.20.